The summed E-state index contributed by atoms with van der Waals surface area (Å²) < 4.78 is 5.03. The molecule has 1 saturated heterocycles. The fourth-order valence-electron chi connectivity index (χ4n) is 2.65. The van der Waals surface area contributed by atoms with Gasteiger partial charge in [-0.15, -0.1) is 10.2 Å². The van der Waals surface area contributed by atoms with Gasteiger partial charge in [0.05, 0.1) is 13.2 Å². The molecule has 3 heterocycles. The van der Waals surface area contributed by atoms with E-state index in [4.69, 9.17) is 4.74 Å². The van der Waals surface area contributed by atoms with E-state index in [1.54, 1.807) is 17.5 Å². The van der Waals surface area contributed by atoms with E-state index in [1.807, 2.05) is 25.1 Å². The van der Waals surface area contributed by atoms with E-state index in [1.165, 1.54) is 0 Å². The molecular weight excluding hydrogens is 326 g/mol. The summed E-state index contributed by atoms with van der Waals surface area (Å²) in [6.07, 6.45) is 2.74. The van der Waals surface area contributed by atoms with Crippen LogP contribution >= 0.6 is 11.3 Å². The third kappa shape index (κ3) is 4.27. The number of carbonyl (C=O) groups is 1. The van der Waals surface area contributed by atoms with Crippen LogP contribution in [0.15, 0.2) is 24.4 Å². The Kier molecular flexibility index (Phi) is 5.71. The van der Waals surface area contributed by atoms with Crippen LogP contribution < -0.4 is 4.90 Å². The molecule has 1 fully saturated rings. The molecule has 128 valence electrons. The molecule has 0 aliphatic carbocycles. The van der Waals surface area contributed by atoms with Crippen LogP contribution in [-0.4, -0.2) is 65.4 Å². The molecule has 7 nitrogen and oxygen atoms in total. The maximum Gasteiger partial charge on any atom is 0.320 e. The number of anilines is 1. The van der Waals surface area contributed by atoms with Crippen molar-refractivity contribution in [3.8, 4) is 10.7 Å². The van der Waals surface area contributed by atoms with E-state index in [-0.39, 0.29) is 5.97 Å². The third-order valence-corrected chi connectivity index (χ3v) is 4.82. The van der Waals surface area contributed by atoms with E-state index >= 15 is 0 Å². The van der Waals surface area contributed by atoms with Crippen molar-refractivity contribution < 1.29 is 9.53 Å². The van der Waals surface area contributed by atoms with E-state index in [9.17, 15) is 4.79 Å². The van der Waals surface area contributed by atoms with E-state index in [2.05, 4.69) is 25.0 Å². The molecule has 3 rings (SSSR count). The molecule has 0 saturated carbocycles. The van der Waals surface area contributed by atoms with Crippen molar-refractivity contribution >= 4 is 22.4 Å². The van der Waals surface area contributed by atoms with Gasteiger partial charge in [-0.3, -0.25) is 14.7 Å². The van der Waals surface area contributed by atoms with Gasteiger partial charge in [0.2, 0.25) is 5.13 Å². The zero-order valence-corrected chi connectivity index (χ0v) is 14.5. The lowest BCUT2D eigenvalue weighted by Crippen LogP contribution is -2.34. The van der Waals surface area contributed by atoms with Crippen LogP contribution in [-0.2, 0) is 9.53 Å². The molecule has 0 atom stereocenters. The molecule has 0 unspecified atom stereocenters. The average Bonchev–Trinajstić information content (AvgIpc) is 2.97. The van der Waals surface area contributed by atoms with Gasteiger partial charge in [-0.1, -0.05) is 17.4 Å². The predicted molar refractivity (Wildman–Crippen MR) is 93.0 cm³/mol. The highest BCUT2D eigenvalue weighted by Gasteiger charge is 2.20. The van der Waals surface area contributed by atoms with Gasteiger partial charge in [0.15, 0.2) is 5.01 Å². The molecule has 24 heavy (non-hydrogen) atoms. The SMILES string of the molecule is CCOC(=O)CN1CCCN(c2nnc(-c3ccccn3)s2)CC1. The van der Waals surface area contributed by atoms with Crippen molar-refractivity contribution in [1.82, 2.24) is 20.1 Å². The van der Waals surface area contributed by atoms with Crippen molar-refractivity contribution in [3.05, 3.63) is 24.4 Å². The van der Waals surface area contributed by atoms with Gasteiger partial charge in [0.1, 0.15) is 5.69 Å². The Morgan fingerprint density at radius 3 is 2.96 bits per heavy atom. The summed E-state index contributed by atoms with van der Waals surface area (Å²) in [6.45, 7) is 6.07. The number of ether oxygens (including phenoxy) is 1. The Labute approximate surface area is 145 Å². The molecular formula is C16H21N5O2S. The summed E-state index contributed by atoms with van der Waals surface area (Å²) in [5.41, 5.74) is 0.847. The number of aromatic nitrogens is 3. The zero-order valence-electron chi connectivity index (χ0n) is 13.7. The standard InChI is InChI=1S/C16H21N5O2S/c1-2-23-14(22)12-20-8-5-9-21(11-10-20)16-19-18-15(24-16)13-6-3-4-7-17-13/h3-4,6-7H,2,5,8-12H2,1H3. The van der Waals surface area contributed by atoms with Crippen LogP contribution in [0.25, 0.3) is 10.7 Å². The van der Waals surface area contributed by atoms with Crippen LogP contribution in [0.5, 0.6) is 0 Å². The summed E-state index contributed by atoms with van der Waals surface area (Å²) in [5.74, 6) is -0.153. The smallest absolute Gasteiger partial charge is 0.320 e. The van der Waals surface area contributed by atoms with Crippen LogP contribution in [0.3, 0.4) is 0 Å². The van der Waals surface area contributed by atoms with Gasteiger partial charge in [0, 0.05) is 32.4 Å². The number of pyridine rings is 1. The van der Waals surface area contributed by atoms with Gasteiger partial charge in [-0.2, -0.15) is 0 Å². The Bertz CT molecular complexity index is 663. The maximum atomic E-state index is 11.6. The average molecular weight is 347 g/mol. The van der Waals surface area contributed by atoms with Gasteiger partial charge in [-0.25, -0.2) is 0 Å². The first-order valence-electron chi connectivity index (χ1n) is 8.14. The summed E-state index contributed by atoms with van der Waals surface area (Å²) in [4.78, 5) is 20.3. The number of carbonyl (C=O) groups excluding carboxylic acids is 1. The molecule has 1 aliphatic heterocycles. The largest absolute Gasteiger partial charge is 0.465 e. The molecule has 0 aromatic carbocycles. The lowest BCUT2D eigenvalue weighted by molar-refractivity contribution is -0.144. The molecule has 8 heteroatoms. The van der Waals surface area contributed by atoms with Gasteiger partial charge in [0.25, 0.3) is 0 Å². The lowest BCUT2D eigenvalue weighted by atomic mass is 10.4. The minimum Gasteiger partial charge on any atom is -0.465 e. The second-order valence-corrected chi connectivity index (χ2v) is 6.48. The first kappa shape index (κ1) is 16.8. The van der Waals surface area contributed by atoms with Crippen molar-refractivity contribution in [2.75, 3.05) is 44.2 Å². The quantitative estimate of drug-likeness (QED) is 0.762. The fourth-order valence-corrected chi connectivity index (χ4v) is 3.52. The van der Waals surface area contributed by atoms with E-state index < -0.39 is 0 Å². The second-order valence-electron chi connectivity index (χ2n) is 5.53. The summed E-state index contributed by atoms with van der Waals surface area (Å²) in [5, 5.41) is 10.3. The van der Waals surface area contributed by atoms with Crippen LogP contribution in [0, 0.1) is 0 Å². The summed E-state index contributed by atoms with van der Waals surface area (Å²) in [6, 6.07) is 5.77. The molecule has 0 N–H and O–H groups in total. The number of hydrogen-bond donors (Lipinski definition) is 0. The number of rotatable bonds is 5. The molecule has 0 spiro atoms. The maximum absolute atomic E-state index is 11.6. The first-order valence-corrected chi connectivity index (χ1v) is 8.95. The lowest BCUT2D eigenvalue weighted by Gasteiger charge is -2.20. The first-order chi connectivity index (χ1) is 11.8. The Balaban J connectivity index is 1.60. The molecule has 0 amide bonds. The fraction of sp³-hybridized carbons (Fsp3) is 0.500. The predicted octanol–water partition coefficient (Wildman–Crippen LogP) is 1.68. The Morgan fingerprint density at radius 1 is 1.25 bits per heavy atom. The van der Waals surface area contributed by atoms with Crippen LogP contribution in [0.1, 0.15) is 13.3 Å². The number of hydrogen-bond acceptors (Lipinski definition) is 8. The summed E-state index contributed by atoms with van der Waals surface area (Å²) in [7, 11) is 0. The third-order valence-electron chi connectivity index (χ3n) is 3.82. The Morgan fingerprint density at radius 2 is 2.17 bits per heavy atom. The highest BCUT2D eigenvalue weighted by molar-refractivity contribution is 7.18. The zero-order chi connectivity index (χ0) is 16.8. The highest BCUT2D eigenvalue weighted by atomic mass is 32.1. The van der Waals surface area contributed by atoms with Crippen molar-refractivity contribution in [2.45, 2.75) is 13.3 Å². The topological polar surface area (TPSA) is 71.5 Å². The normalized spacial score (nSPS) is 16.0. The van der Waals surface area contributed by atoms with Gasteiger partial charge >= 0.3 is 5.97 Å². The second kappa shape index (κ2) is 8.16. The van der Waals surface area contributed by atoms with Crippen molar-refractivity contribution in [1.29, 1.82) is 0 Å². The van der Waals surface area contributed by atoms with Crippen LogP contribution in [0.4, 0.5) is 5.13 Å². The molecule has 2 aromatic rings. The van der Waals surface area contributed by atoms with E-state index in [0.29, 0.717) is 13.2 Å². The number of nitrogens with zero attached hydrogens (tertiary/aromatic N) is 5. The van der Waals surface area contributed by atoms with Crippen molar-refractivity contribution in [3.63, 3.8) is 0 Å². The van der Waals surface area contributed by atoms with E-state index in [0.717, 1.165) is 48.4 Å². The Hall–Kier alpha value is -2.06. The number of esters is 1. The minimum absolute atomic E-state index is 0.153. The minimum atomic E-state index is -0.153. The molecule has 2 aromatic heterocycles. The van der Waals surface area contributed by atoms with Crippen LogP contribution in [0.2, 0.25) is 0 Å². The molecule has 0 radical (unpaired) electrons. The van der Waals surface area contributed by atoms with Gasteiger partial charge in [-0.05, 0) is 25.5 Å². The molecule has 1 aliphatic rings. The van der Waals surface area contributed by atoms with Crippen molar-refractivity contribution in [2.24, 2.45) is 0 Å². The monoisotopic (exact) mass is 347 g/mol. The summed E-state index contributed by atoms with van der Waals surface area (Å²) >= 11 is 1.56. The molecule has 0 bridgehead atoms. The highest BCUT2D eigenvalue weighted by Crippen LogP contribution is 2.27. The van der Waals surface area contributed by atoms with Gasteiger partial charge < -0.3 is 9.64 Å².